The van der Waals surface area contributed by atoms with Crippen molar-refractivity contribution in [3.05, 3.63) is 155 Å². The highest BCUT2D eigenvalue weighted by atomic mass is 16.7. The largest absolute Gasteiger partial charge is 0.507 e. The van der Waals surface area contributed by atoms with Crippen molar-refractivity contribution in [2.75, 3.05) is 48.2 Å². The van der Waals surface area contributed by atoms with Crippen molar-refractivity contribution in [3.8, 4) is 51.7 Å². The van der Waals surface area contributed by atoms with Gasteiger partial charge in [-0.2, -0.15) is 0 Å². The predicted molar refractivity (Wildman–Crippen MR) is 407 cm³/mol. The van der Waals surface area contributed by atoms with Gasteiger partial charge in [-0.3, -0.25) is 33.6 Å². The van der Waals surface area contributed by atoms with Crippen LogP contribution >= 0.6 is 0 Å². The van der Waals surface area contributed by atoms with Crippen LogP contribution in [0.5, 0.6) is 51.7 Å². The minimum Gasteiger partial charge on any atom is -0.507 e. The zero-order chi connectivity index (χ0) is 85.9. The summed E-state index contributed by atoms with van der Waals surface area (Å²) in [7, 11) is 5.57. The zero-order valence-electron chi connectivity index (χ0n) is 65.5. The third kappa shape index (κ3) is 14.4. The molecule has 634 valence electrons. The highest BCUT2D eigenvalue weighted by Gasteiger charge is 2.55. The molecule has 35 nitrogen and oxygen atoms in total. The summed E-state index contributed by atoms with van der Waals surface area (Å²) >= 11 is 0. The van der Waals surface area contributed by atoms with Crippen molar-refractivity contribution in [1.82, 2.24) is 5.32 Å². The van der Waals surface area contributed by atoms with Crippen LogP contribution in [0.25, 0.3) is 0 Å². The molecular weight excluding hydrogens is 1550 g/mol. The van der Waals surface area contributed by atoms with Gasteiger partial charge in [0.1, 0.15) is 64.0 Å². The molecule has 17 unspecified atom stereocenters. The van der Waals surface area contributed by atoms with Gasteiger partial charge < -0.3 is 142 Å². The number of nitrogens with two attached hydrogens (primary N) is 3. The van der Waals surface area contributed by atoms with Crippen LogP contribution in [0.2, 0.25) is 0 Å². The second-order valence-electron chi connectivity index (χ2n) is 31.6. The molecule has 0 amide bonds. The molecule has 15 rings (SSSR count). The fourth-order valence-electron chi connectivity index (χ4n) is 18.0. The number of phenolic OH excluding ortho intramolecular Hbond substituents is 6. The molecule has 6 aromatic rings. The molecule has 3 heterocycles. The van der Waals surface area contributed by atoms with Crippen LogP contribution in [0.1, 0.15) is 213 Å². The van der Waals surface area contributed by atoms with Gasteiger partial charge in [0.05, 0.1) is 163 Å². The number of phenols is 6. The van der Waals surface area contributed by atoms with E-state index < -0.39 is 245 Å². The summed E-state index contributed by atoms with van der Waals surface area (Å²) in [5, 5.41) is 166. The first kappa shape index (κ1) is 86.3. The average Bonchev–Trinajstić information content (AvgIpc) is 0.718. The van der Waals surface area contributed by atoms with E-state index in [2.05, 4.69) is 5.32 Å². The van der Waals surface area contributed by atoms with Crippen LogP contribution in [-0.2, 0) is 52.5 Å². The van der Waals surface area contributed by atoms with Crippen LogP contribution in [0.3, 0.4) is 0 Å². The van der Waals surface area contributed by atoms with Crippen molar-refractivity contribution in [2.45, 2.75) is 200 Å². The van der Waals surface area contributed by atoms with E-state index in [9.17, 15) is 110 Å². The third-order valence-corrected chi connectivity index (χ3v) is 24.5. The Labute approximate surface area is 673 Å². The second-order valence-corrected chi connectivity index (χ2v) is 31.6. The standard InChI is InChI=1S/C28H34N2O10.C28H33NO10.C27H29NO11/c1-11-23(32)14(29)7-18(39-11)40-16-9-28(37,17(10-31)30-2)8-13-20(16)27(36)22-21(25(13)34)24(33)12-5-4-6-15(38-3)19(12)26(22)35;1-11-7-18(38-12(2)23(11)31)39-16-9-28(36,17(29)10-30)8-14-20(16)27(35)22-21(25(14)33)24(32)13-5-4-6-15(37-3)19(13)26(22)34;1-10-22(31)13(28)6-17(38-10)39-15-8-27(36,16(30)9-29)7-12-19(15)26(35)21-20(24(12)33)23(32)11-4-3-5-14(37-2)18(11)25(21)34/h4-6,11,14,16-18,23,30-32,34,36-37H,7-10,29H2,1-3H3;4-6,11-12,16-18,23,30-31,33,35-36H,7-10,29H2,1-3H3;3-5,10,13,15,17,22,29,31,33,35-36H,6-9,28H2,1-2H3/t11?,14?,16?,17?,18?,23?,28-;11?,12?,16?,17?,18?,23?,28-;10?,13?,15?,17?,22?,27-/m000/s1. The Bertz CT molecular complexity index is 5030. The highest BCUT2D eigenvalue weighted by molar-refractivity contribution is 6.33. The van der Waals surface area contributed by atoms with Crippen molar-refractivity contribution < 1.29 is 153 Å². The van der Waals surface area contributed by atoms with Gasteiger partial charge in [-0.05, 0) is 51.9 Å². The molecule has 6 aromatic carbocycles. The number of ketones is 7. The molecule has 0 saturated carbocycles. The minimum absolute atomic E-state index is 0.00406. The van der Waals surface area contributed by atoms with Gasteiger partial charge in [-0.1, -0.05) is 43.3 Å². The van der Waals surface area contributed by atoms with Crippen LogP contribution in [0.4, 0.5) is 0 Å². The van der Waals surface area contributed by atoms with Gasteiger partial charge in [-0.25, -0.2) is 0 Å². The lowest BCUT2D eigenvalue weighted by molar-refractivity contribution is -0.256. The predicted octanol–water partition coefficient (Wildman–Crippen LogP) is 1.09. The van der Waals surface area contributed by atoms with Gasteiger partial charge in [0.15, 0.2) is 42.0 Å². The molecule has 3 saturated heterocycles. The first-order valence-corrected chi connectivity index (χ1v) is 38.4. The number of likely N-dealkylation sites (N-methyl/N-ethyl adjacent to an activating group) is 1. The monoisotopic (exact) mass is 1640 g/mol. The first-order chi connectivity index (χ1) is 55.8. The average molecular weight is 1650 g/mol. The number of aliphatic hydroxyl groups is 9. The lowest BCUT2D eigenvalue weighted by Gasteiger charge is -2.45. The maximum Gasteiger partial charge on any atom is 0.202 e. The molecule has 3 aliphatic heterocycles. The van der Waals surface area contributed by atoms with E-state index in [1.54, 1.807) is 27.8 Å². The van der Waals surface area contributed by atoms with E-state index in [1.807, 2.05) is 6.92 Å². The van der Waals surface area contributed by atoms with Gasteiger partial charge in [-0.15, -0.1) is 0 Å². The van der Waals surface area contributed by atoms with E-state index in [4.69, 9.17) is 59.8 Å². The molecular formula is C83H96N4O31. The molecule has 0 aromatic heterocycles. The Morgan fingerprint density at radius 2 is 0.797 bits per heavy atom. The molecule has 20 atom stereocenters. The third-order valence-electron chi connectivity index (χ3n) is 24.5. The number of carbonyl (C=O) groups is 7. The summed E-state index contributed by atoms with van der Waals surface area (Å²) in [6, 6.07) is 9.91. The smallest absolute Gasteiger partial charge is 0.202 e. The number of fused-ring (bicyclic) bond motifs is 9. The zero-order valence-corrected chi connectivity index (χ0v) is 65.5. The van der Waals surface area contributed by atoms with E-state index in [0.717, 1.165) is 0 Å². The van der Waals surface area contributed by atoms with E-state index in [1.165, 1.54) is 75.9 Å². The second kappa shape index (κ2) is 32.9. The number of hydrogen-bond donors (Lipinski definition) is 19. The lowest BCUT2D eigenvalue weighted by atomic mass is 9.71. The lowest BCUT2D eigenvalue weighted by Crippen LogP contribution is -2.56. The molecule has 0 spiro atoms. The number of carbonyl (C=O) groups excluding carboxylic acids is 7. The number of Topliss-reactive ketones (excluding diaryl/α,β-unsaturated/α-hetero) is 1. The summed E-state index contributed by atoms with van der Waals surface area (Å²) in [6.45, 7) is 4.67. The van der Waals surface area contributed by atoms with Crippen LogP contribution in [-0.4, -0.2) is 262 Å². The molecule has 6 aliphatic carbocycles. The van der Waals surface area contributed by atoms with Gasteiger partial charge in [0.2, 0.25) is 17.3 Å². The van der Waals surface area contributed by atoms with Gasteiger partial charge in [0, 0.05) is 120 Å². The molecule has 9 aliphatic rings. The van der Waals surface area contributed by atoms with Crippen molar-refractivity contribution in [3.63, 3.8) is 0 Å². The molecule has 35 heteroatoms. The molecule has 118 heavy (non-hydrogen) atoms. The Balaban J connectivity index is 0.000000153. The quantitative estimate of drug-likeness (QED) is 0.0602. The molecule has 0 radical (unpaired) electrons. The maximum atomic E-state index is 13.7. The number of benzene rings is 6. The summed E-state index contributed by atoms with van der Waals surface area (Å²) < 4.78 is 51.6. The van der Waals surface area contributed by atoms with Crippen molar-refractivity contribution >= 4 is 40.5 Å². The summed E-state index contributed by atoms with van der Waals surface area (Å²) in [5.41, 5.74) is 9.42. The number of ether oxygens (including phenoxy) is 9. The normalized spacial score (nSPS) is 30.3. The van der Waals surface area contributed by atoms with Crippen molar-refractivity contribution in [2.24, 2.45) is 23.1 Å². The number of nitrogens with one attached hydrogen (secondary N) is 1. The summed E-state index contributed by atoms with van der Waals surface area (Å²) in [4.78, 5) is 94.3. The van der Waals surface area contributed by atoms with Crippen LogP contribution in [0.15, 0.2) is 54.6 Å². The summed E-state index contributed by atoms with van der Waals surface area (Å²) in [6.07, 6.45) is -12.7. The fourth-order valence-corrected chi connectivity index (χ4v) is 18.0. The van der Waals surface area contributed by atoms with Crippen molar-refractivity contribution in [1.29, 1.82) is 0 Å². The Kier molecular flexibility index (Phi) is 24.0. The van der Waals surface area contributed by atoms with Gasteiger partial charge in [0.25, 0.3) is 0 Å². The Hall–Kier alpha value is -9.55. The van der Waals surface area contributed by atoms with Gasteiger partial charge >= 0.3 is 0 Å². The number of aliphatic hydroxyl groups excluding tert-OH is 6. The van der Waals surface area contributed by atoms with E-state index in [0.29, 0.717) is 6.42 Å². The van der Waals surface area contributed by atoms with Crippen LogP contribution < -0.4 is 36.7 Å². The number of methoxy groups -OCH3 is 3. The number of hydrogen-bond acceptors (Lipinski definition) is 35. The SMILES string of the molecule is CNC(CO)[C@]1(O)Cc2c(O)c3c(c(O)c2C(OC2CC(N)C(O)C(C)O2)C1)C(=O)c1c(OC)cccc1C3=O.COc1cccc2c1C(=O)c1c(O)c3c(c(O)c1C2=O)C[C@@](O)(C(=O)CO)CC3OC1CC(N)C(O)C(C)O1.COc1cccc2c1C(=O)c1c(O)c3c(c(O)c1C2=O)C[C@@](O)(C(N)CO)CC3OC1CC(C)C(O)C(C)O1. The van der Waals surface area contributed by atoms with E-state index >= 15 is 0 Å². The topological polar surface area (TPSA) is 596 Å². The number of aromatic hydroxyl groups is 6. The molecule has 3 fully saturated rings. The van der Waals surface area contributed by atoms with Crippen LogP contribution in [0, 0.1) is 5.92 Å². The molecule has 22 N–H and O–H groups in total. The Morgan fingerprint density at radius 1 is 0.466 bits per heavy atom. The van der Waals surface area contributed by atoms with E-state index in [-0.39, 0.29) is 140 Å². The maximum absolute atomic E-state index is 13.7. The molecule has 0 bridgehead atoms. The summed E-state index contributed by atoms with van der Waals surface area (Å²) in [5.74, 6) is -8.77. The number of rotatable bonds is 16. The first-order valence-electron chi connectivity index (χ1n) is 38.4. The Morgan fingerprint density at radius 3 is 1.13 bits per heavy atom. The fraction of sp³-hybridized carbons (Fsp3) is 0.482. The highest BCUT2D eigenvalue weighted by Crippen LogP contribution is 2.58. The minimum atomic E-state index is -2.24.